The molecule has 2 aromatic carbocycles. The van der Waals surface area contributed by atoms with Gasteiger partial charge in [-0.1, -0.05) is 41.9 Å². The third-order valence-corrected chi connectivity index (χ3v) is 5.09. The van der Waals surface area contributed by atoms with Crippen molar-refractivity contribution >= 4 is 17.5 Å². The number of carbonyl (C=O) groups is 1. The minimum Gasteiger partial charge on any atom is -0.484 e. The fourth-order valence-electron chi connectivity index (χ4n) is 3.26. The zero-order valence-electron chi connectivity index (χ0n) is 15.1. The molecule has 2 aromatic rings. The summed E-state index contributed by atoms with van der Waals surface area (Å²) in [7, 11) is 0. The quantitative estimate of drug-likeness (QED) is 0.778. The molecule has 4 nitrogen and oxygen atoms in total. The Labute approximate surface area is 160 Å². The molecule has 0 spiro atoms. The summed E-state index contributed by atoms with van der Waals surface area (Å²) in [6.07, 6.45) is 1.04. The highest BCUT2D eigenvalue weighted by molar-refractivity contribution is 6.30. The number of hydrogen-bond acceptors (Lipinski definition) is 3. The molecule has 0 radical (unpaired) electrons. The first-order valence-corrected chi connectivity index (χ1v) is 9.44. The Kier molecular flexibility index (Phi) is 6.53. The van der Waals surface area contributed by atoms with E-state index in [9.17, 15) is 4.79 Å². The summed E-state index contributed by atoms with van der Waals surface area (Å²) < 4.78 is 5.57. The number of nitrogens with zero attached hydrogens (tertiary/aromatic N) is 2. The number of ether oxygens (including phenoxy) is 1. The maximum atomic E-state index is 12.4. The summed E-state index contributed by atoms with van der Waals surface area (Å²) in [4.78, 5) is 16.7. The first kappa shape index (κ1) is 18.7. The molecule has 5 heteroatoms. The Morgan fingerprint density at radius 3 is 2.35 bits per heavy atom. The number of benzene rings is 2. The van der Waals surface area contributed by atoms with E-state index in [1.807, 2.05) is 11.0 Å². The standard InChI is InChI=1S/C21H25ClN2O2/c1-17(15-18-5-3-2-4-6-18)23-11-13-24(14-12-23)21(25)16-26-20-9-7-19(22)8-10-20/h2-10,17H,11-16H2,1H3. The van der Waals surface area contributed by atoms with Gasteiger partial charge in [-0.3, -0.25) is 9.69 Å². The Hall–Kier alpha value is -2.04. The largest absolute Gasteiger partial charge is 0.484 e. The van der Waals surface area contributed by atoms with E-state index >= 15 is 0 Å². The van der Waals surface area contributed by atoms with Gasteiger partial charge in [0.15, 0.2) is 6.61 Å². The molecule has 0 aliphatic carbocycles. The molecule has 1 amide bonds. The fourth-order valence-corrected chi connectivity index (χ4v) is 3.39. The van der Waals surface area contributed by atoms with Crippen LogP contribution in [0.4, 0.5) is 0 Å². The van der Waals surface area contributed by atoms with Gasteiger partial charge in [-0.05, 0) is 43.2 Å². The molecule has 138 valence electrons. The Morgan fingerprint density at radius 1 is 1.04 bits per heavy atom. The van der Waals surface area contributed by atoms with Crippen molar-refractivity contribution in [1.29, 1.82) is 0 Å². The fraction of sp³-hybridized carbons (Fsp3) is 0.381. The number of piperazine rings is 1. The lowest BCUT2D eigenvalue weighted by Gasteiger charge is -2.38. The number of carbonyl (C=O) groups excluding carboxylic acids is 1. The van der Waals surface area contributed by atoms with Crippen LogP contribution >= 0.6 is 11.6 Å². The third kappa shape index (κ3) is 5.23. The van der Waals surface area contributed by atoms with Crippen LogP contribution in [-0.4, -0.2) is 54.5 Å². The van der Waals surface area contributed by atoms with E-state index in [0.29, 0.717) is 16.8 Å². The van der Waals surface area contributed by atoms with Crippen LogP contribution < -0.4 is 4.74 Å². The van der Waals surface area contributed by atoms with E-state index < -0.39 is 0 Å². The first-order chi connectivity index (χ1) is 12.6. The third-order valence-electron chi connectivity index (χ3n) is 4.84. The van der Waals surface area contributed by atoms with Crippen molar-refractivity contribution in [3.63, 3.8) is 0 Å². The summed E-state index contributed by atoms with van der Waals surface area (Å²) >= 11 is 5.85. The van der Waals surface area contributed by atoms with Gasteiger partial charge in [-0.2, -0.15) is 0 Å². The van der Waals surface area contributed by atoms with Gasteiger partial charge in [-0.25, -0.2) is 0 Å². The van der Waals surface area contributed by atoms with Gasteiger partial charge in [-0.15, -0.1) is 0 Å². The van der Waals surface area contributed by atoms with Crippen LogP contribution in [0.2, 0.25) is 5.02 Å². The minimum atomic E-state index is 0.0373. The number of hydrogen-bond donors (Lipinski definition) is 0. The zero-order chi connectivity index (χ0) is 18.4. The molecule has 0 saturated carbocycles. The van der Waals surface area contributed by atoms with Crippen molar-refractivity contribution in [3.05, 3.63) is 65.2 Å². The van der Waals surface area contributed by atoms with Crippen LogP contribution in [0.1, 0.15) is 12.5 Å². The second-order valence-corrected chi connectivity index (χ2v) is 7.13. The maximum Gasteiger partial charge on any atom is 0.260 e. The first-order valence-electron chi connectivity index (χ1n) is 9.06. The molecular weight excluding hydrogens is 348 g/mol. The van der Waals surface area contributed by atoms with Gasteiger partial charge in [0, 0.05) is 37.2 Å². The topological polar surface area (TPSA) is 32.8 Å². The van der Waals surface area contributed by atoms with E-state index in [2.05, 4.69) is 36.1 Å². The van der Waals surface area contributed by atoms with Crippen molar-refractivity contribution in [2.24, 2.45) is 0 Å². The molecule has 1 aliphatic heterocycles. The van der Waals surface area contributed by atoms with Crippen molar-refractivity contribution < 1.29 is 9.53 Å². The highest BCUT2D eigenvalue weighted by Gasteiger charge is 2.24. The van der Waals surface area contributed by atoms with Crippen LogP contribution in [-0.2, 0) is 11.2 Å². The van der Waals surface area contributed by atoms with Crippen molar-refractivity contribution in [1.82, 2.24) is 9.80 Å². The molecule has 1 aliphatic rings. The van der Waals surface area contributed by atoms with Crippen LogP contribution in [0.5, 0.6) is 5.75 Å². The second-order valence-electron chi connectivity index (χ2n) is 6.70. The highest BCUT2D eigenvalue weighted by atomic mass is 35.5. The van der Waals surface area contributed by atoms with Crippen molar-refractivity contribution in [2.75, 3.05) is 32.8 Å². The van der Waals surface area contributed by atoms with E-state index in [1.165, 1.54) is 5.56 Å². The van der Waals surface area contributed by atoms with Crippen LogP contribution in [0.3, 0.4) is 0 Å². The second kappa shape index (κ2) is 9.06. The smallest absolute Gasteiger partial charge is 0.260 e. The SMILES string of the molecule is CC(Cc1ccccc1)N1CCN(C(=O)COc2ccc(Cl)cc2)CC1. The molecule has 1 atom stereocenters. The van der Waals surface area contributed by atoms with Crippen LogP contribution in [0.25, 0.3) is 0 Å². The molecule has 0 N–H and O–H groups in total. The lowest BCUT2D eigenvalue weighted by atomic mass is 10.1. The lowest BCUT2D eigenvalue weighted by molar-refractivity contribution is -0.135. The van der Waals surface area contributed by atoms with Crippen LogP contribution in [0, 0.1) is 0 Å². The van der Waals surface area contributed by atoms with Gasteiger partial charge in [0.2, 0.25) is 0 Å². The van der Waals surface area contributed by atoms with Gasteiger partial charge >= 0.3 is 0 Å². The molecule has 1 unspecified atom stereocenters. The summed E-state index contributed by atoms with van der Waals surface area (Å²) in [6.45, 7) is 5.64. The van der Waals surface area contributed by atoms with Gasteiger partial charge in [0.25, 0.3) is 5.91 Å². The summed E-state index contributed by atoms with van der Waals surface area (Å²) in [5.74, 6) is 0.702. The molecule has 26 heavy (non-hydrogen) atoms. The lowest BCUT2D eigenvalue weighted by Crippen LogP contribution is -2.52. The van der Waals surface area contributed by atoms with Gasteiger partial charge < -0.3 is 9.64 Å². The molecule has 1 saturated heterocycles. The minimum absolute atomic E-state index is 0.0373. The predicted octanol–water partition coefficient (Wildman–Crippen LogP) is 3.49. The summed E-state index contributed by atoms with van der Waals surface area (Å²) in [5.41, 5.74) is 1.36. The molecule has 3 rings (SSSR count). The van der Waals surface area contributed by atoms with E-state index in [-0.39, 0.29) is 12.5 Å². The van der Waals surface area contributed by atoms with Crippen molar-refractivity contribution in [3.8, 4) is 5.75 Å². The number of rotatable bonds is 6. The van der Waals surface area contributed by atoms with E-state index in [4.69, 9.17) is 16.3 Å². The summed E-state index contributed by atoms with van der Waals surface area (Å²) in [5, 5.41) is 0.657. The van der Waals surface area contributed by atoms with Gasteiger partial charge in [0.1, 0.15) is 5.75 Å². The van der Waals surface area contributed by atoms with Gasteiger partial charge in [0.05, 0.1) is 0 Å². The van der Waals surface area contributed by atoms with E-state index in [1.54, 1.807) is 24.3 Å². The molecule has 1 heterocycles. The average Bonchev–Trinajstić information content (AvgIpc) is 2.68. The number of amides is 1. The number of halogens is 1. The van der Waals surface area contributed by atoms with Crippen molar-refractivity contribution in [2.45, 2.75) is 19.4 Å². The highest BCUT2D eigenvalue weighted by Crippen LogP contribution is 2.16. The van der Waals surface area contributed by atoms with Crippen LogP contribution in [0.15, 0.2) is 54.6 Å². The Bertz CT molecular complexity index is 698. The van der Waals surface area contributed by atoms with E-state index in [0.717, 1.165) is 32.6 Å². The average molecular weight is 373 g/mol. The molecule has 0 aromatic heterocycles. The Morgan fingerprint density at radius 2 is 1.69 bits per heavy atom. The maximum absolute atomic E-state index is 12.4. The predicted molar refractivity (Wildman–Crippen MR) is 105 cm³/mol. The monoisotopic (exact) mass is 372 g/mol. The normalized spacial score (nSPS) is 16.3. The molecular formula is C21H25ClN2O2. The molecule has 1 fully saturated rings. The zero-order valence-corrected chi connectivity index (χ0v) is 15.9. The summed E-state index contributed by atoms with van der Waals surface area (Å²) in [6, 6.07) is 18.1. The molecule has 0 bridgehead atoms. The Balaban J connectivity index is 1.42.